The Hall–Kier alpha value is -1.98. The van der Waals surface area contributed by atoms with Gasteiger partial charge in [-0.2, -0.15) is 0 Å². The minimum Gasteiger partial charge on any atom is -0.366 e. The minimum atomic E-state index is -0.900. The molecule has 0 aliphatic rings. The minimum absolute atomic E-state index is 0.216. The van der Waals surface area contributed by atoms with Crippen LogP contribution in [0.1, 0.15) is 10.4 Å². The molecular formula is C7H5FN2O3. The standard InChI is InChI=1S/C7H5FN2O3/c8-5-1-4(7(9)11)2-6(3-5)10(12)13/h1-3H,(H2,9,11)/i8-1. The molecule has 1 amide bonds. The van der Waals surface area contributed by atoms with Gasteiger partial charge < -0.3 is 5.73 Å². The summed E-state index contributed by atoms with van der Waals surface area (Å²) in [6.45, 7) is 0. The van der Waals surface area contributed by atoms with Gasteiger partial charge in [-0.25, -0.2) is 4.39 Å². The number of amides is 1. The molecule has 1 rings (SSSR count). The first-order chi connectivity index (χ1) is 6.00. The molecule has 0 spiro atoms. The van der Waals surface area contributed by atoms with Gasteiger partial charge in [-0.3, -0.25) is 14.9 Å². The summed E-state index contributed by atoms with van der Waals surface area (Å²) in [5.74, 6) is -1.76. The first-order valence-electron chi connectivity index (χ1n) is 3.25. The molecule has 0 saturated heterocycles. The molecule has 0 aromatic heterocycles. The van der Waals surface area contributed by atoms with Crippen LogP contribution in [0.2, 0.25) is 0 Å². The largest absolute Gasteiger partial charge is 0.366 e. The first-order valence-corrected chi connectivity index (χ1v) is 3.25. The molecule has 0 fully saturated rings. The monoisotopic (exact) mass is 183 g/mol. The molecule has 0 heterocycles. The Labute approximate surface area is 72.1 Å². The Balaban J connectivity index is 3.26. The normalized spacial score (nSPS) is 9.62. The summed E-state index contributed by atoms with van der Waals surface area (Å²) in [4.78, 5) is 20.0. The van der Waals surface area contributed by atoms with Crippen molar-refractivity contribution in [2.45, 2.75) is 0 Å². The predicted octanol–water partition coefficient (Wildman–Crippen LogP) is 0.833. The van der Waals surface area contributed by atoms with Crippen LogP contribution in [0.5, 0.6) is 0 Å². The molecule has 0 aliphatic heterocycles. The fourth-order valence-electron chi connectivity index (χ4n) is 0.822. The molecule has 5 nitrogen and oxygen atoms in total. The van der Waals surface area contributed by atoms with E-state index < -0.39 is 22.3 Å². The van der Waals surface area contributed by atoms with Crippen molar-refractivity contribution in [2.24, 2.45) is 5.73 Å². The van der Waals surface area contributed by atoms with Gasteiger partial charge in [-0.15, -0.1) is 0 Å². The number of hydrogen-bond donors (Lipinski definition) is 1. The van der Waals surface area contributed by atoms with E-state index in [-0.39, 0.29) is 5.56 Å². The maximum Gasteiger partial charge on any atom is 0.273 e. The van der Waals surface area contributed by atoms with Crippen molar-refractivity contribution in [2.75, 3.05) is 0 Å². The van der Waals surface area contributed by atoms with Gasteiger partial charge in [-0.05, 0) is 6.07 Å². The molecule has 0 saturated carbocycles. The van der Waals surface area contributed by atoms with Crippen molar-refractivity contribution in [3.8, 4) is 0 Å². The van der Waals surface area contributed by atoms with Gasteiger partial charge in [-0.1, -0.05) is 0 Å². The Morgan fingerprint density at radius 1 is 1.46 bits per heavy atom. The highest BCUT2D eigenvalue weighted by Gasteiger charge is 2.12. The van der Waals surface area contributed by atoms with Crippen molar-refractivity contribution in [1.82, 2.24) is 0 Å². The molecule has 1 aromatic carbocycles. The topological polar surface area (TPSA) is 86.2 Å². The van der Waals surface area contributed by atoms with E-state index in [0.29, 0.717) is 6.07 Å². The van der Waals surface area contributed by atoms with E-state index >= 15 is 0 Å². The third-order valence-corrected chi connectivity index (χ3v) is 1.38. The lowest BCUT2D eigenvalue weighted by molar-refractivity contribution is -0.385. The number of halogens is 1. The van der Waals surface area contributed by atoms with Gasteiger partial charge in [0.15, 0.2) is 0 Å². The van der Waals surface area contributed by atoms with Gasteiger partial charge in [0.1, 0.15) is 5.82 Å². The smallest absolute Gasteiger partial charge is 0.273 e. The van der Waals surface area contributed by atoms with Crippen LogP contribution >= 0.6 is 0 Å². The zero-order valence-electron chi connectivity index (χ0n) is 6.36. The third-order valence-electron chi connectivity index (χ3n) is 1.38. The molecule has 68 valence electrons. The lowest BCUT2D eigenvalue weighted by Gasteiger charge is -1.96. The SMILES string of the molecule is NC(=O)c1cc([18F])cc([N+](=O)[O-])c1. The van der Waals surface area contributed by atoms with Gasteiger partial charge in [0.05, 0.1) is 11.0 Å². The van der Waals surface area contributed by atoms with Crippen LogP contribution in [-0.4, -0.2) is 10.8 Å². The highest BCUT2D eigenvalue weighted by Crippen LogP contribution is 2.15. The molecule has 0 radical (unpaired) electrons. The second-order valence-electron chi connectivity index (χ2n) is 2.32. The Morgan fingerprint density at radius 2 is 2.08 bits per heavy atom. The number of nitrogens with two attached hydrogens (primary N) is 1. The summed E-state index contributed by atoms with van der Waals surface area (Å²) in [6, 6.07) is 2.48. The average molecular weight is 183 g/mol. The van der Waals surface area contributed by atoms with E-state index in [2.05, 4.69) is 0 Å². The molecule has 6 heteroatoms. The highest BCUT2D eigenvalue weighted by atomic mass is 18.2. The second-order valence-corrected chi connectivity index (χ2v) is 2.32. The molecule has 2 N–H and O–H groups in total. The Morgan fingerprint density at radius 3 is 2.54 bits per heavy atom. The summed E-state index contributed by atoms with van der Waals surface area (Å²) in [5.41, 5.74) is 4.12. The highest BCUT2D eigenvalue weighted by molar-refractivity contribution is 5.93. The molecule has 1 aromatic rings. The van der Waals surface area contributed by atoms with Crippen LogP contribution in [0.15, 0.2) is 18.2 Å². The van der Waals surface area contributed by atoms with E-state index in [1.165, 1.54) is 0 Å². The maximum absolute atomic E-state index is 12.6. The van der Waals surface area contributed by atoms with Crippen molar-refractivity contribution in [3.63, 3.8) is 0 Å². The number of carbonyl (C=O) groups is 1. The number of nitrogens with zero attached hydrogens (tertiary/aromatic N) is 1. The van der Waals surface area contributed by atoms with Crippen molar-refractivity contribution < 1.29 is 14.1 Å². The second kappa shape index (κ2) is 3.18. The number of nitro groups is 1. The van der Waals surface area contributed by atoms with Gasteiger partial charge in [0.2, 0.25) is 5.91 Å². The zero-order valence-corrected chi connectivity index (χ0v) is 6.36. The number of nitro benzene ring substituents is 1. The molecule has 0 bridgehead atoms. The molecule has 0 atom stereocenters. The summed E-state index contributed by atoms with van der Waals surface area (Å²) in [5, 5.41) is 10.2. The van der Waals surface area contributed by atoms with Crippen molar-refractivity contribution in [3.05, 3.63) is 39.7 Å². The van der Waals surface area contributed by atoms with Gasteiger partial charge in [0.25, 0.3) is 5.69 Å². The molecule has 13 heavy (non-hydrogen) atoms. The van der Waals surface area contributed by atoms with Crippen molar-refractivity contribution in [1.29, 1.82) is 0 Å². The summed E-state index contributed by atoms with van der Waals surface area (Å²) >= 11 is 0. The van der Waals surface area contributed by atoms with Crippen LogP contribution in [-0.2, 0) is 0 Å². The van der Waals surface area contributed by atoms with Crippen LogP contribution in [0, 0.1) is 15.9 Å². The summed E-state index contributed by atoms with van der Waals surface area (Å²) in [7, 11) is 0. The number of primary amides is 1. The fraction of sp³-hybridized carbons (Fsp3) is 0. The average Bonchev–Trinajstić information content (AvgIpc) is 2.03. The van der Waals surface area contributed by atoms with E-state index in [1.54, 1.807) is 0 Å². The lowest BCUT2D eigenvalue weighted by Crippen LogP contribution is -2.11. The quantitative estimate of drug-likeness (QED) is 0.544. The predicted molar refractivity (Wildman–Crippen MR) is 41.6 cm³/mol. The molecular weight excluding hydrogens is 178 g/mol. The fourth-order valence-corrected chi connectivity index (χ4v) is 0.822. The third kappa shape index (κ3) is 1.98. The number of non-ortho nitro benzene ring substituents is 1. The number of carbonyl (C=O) groups excluding carboxylic acids is 1. The van der Waals surface area contributed by atoms with E-state index in [9.17, 15) is 19.3 Å². The summed E-state index contributed by atoms with van der Waals surface area (Å²) in [6.07, 6.45) is 0. The van der Waals surface area contributed by atoms with Crippen LogP contribution < -0.4 is 5.73 Å². The maximum atomic E-state index is 12.6. The van der Waals surface area contributed by atoms with Crippen molar-refractivity contribution >= 4 is 11.6 Å². The lowest BCUT2D eigenvalue weighted by atomic mass is 10.2. The van der Waals surface area contributed by atoms with Crippen LogP contribution in [0.25, 0.3) is 0 Å². The number of hydrogen-bond acceptors (Lipinski definition) is 3. The zero-order chi connectivity index (χ0) is 10.0. The van der Waals surface area contributed by atoms with Gasteiger partial charge >= 0.3 is 0 Å². The van der Waals surface area contributed by atoms with E-state index in [1.807, 2.05) is 0 Å². The number of benzene rings is 1. The summed E-state index contributed by atoms with van der Waals surface area (Å²) < 4.78 is 12.6. The van der Waals surface area contributed by atoms with Gasteiger partial charge in [0, 0.05) is 11.6 Å². The molecule has 0 unspecified atom stereocenters. The Kier molecular flexibility index (Phi) is 2.23. The van der Waals surface area contributed by atoms with E-state index in [4.69, 9.17) is 5.73 Å². The van der Waals surface area contributed by atoms with Crippen LogP contribution in [0.4, 0.5) is 10.1 Å². The van der Waals surface area contributed by atoms with E-state index in [0.717, 1.165) is 12.1 Å². The number of rotatable bonds is 2. The molecule has 0 aliphatic carbocycles. The first kappa shape index (κ1) is 9.11. The van der Waals surface area contributed by atoms with Crippen LogP contribution in [0.3, 0.4) is 0 Å². The Bertz CT molecular complexity index is 346.